The number of hydrogen-bond donors (Lipinski definition) is 3. The van der Waals surface area contributed by atoms with E-state index in [0.29, 0.717) is 47.5 Å². The van der Waals surface area contributed by atoms with Crippen molar-refractivity contribution in [1.29, 1.82) is 0 Å². The van der Waals surface area contributed by atoms with Crippen LogP contribution in [0.5, 0.6) is 0 Å². The third-order valence-corrected chi connectivity index (χ3v) is 6.70. The van der Waals surface area contributed by atoms with Gasteiger partial charge in [0.25, 0.3) is 11.8 Å². The number of hydrogen-bond acceptors (Lipinski definition) is 7. The number of pyridine rings is 1. The third kappa shape index (κ3) is 5.37. The Morgan fingerprint density at radius 3 is 2.68 bits per heavy atom. The highest BCUT2D eigenvalue weighted by Crippen LogP contribution is 2.28. The van der Waals surface area contributed by atoms with Crippen molar-refractivity contribution < 1.29 is 19.5 Å². The zero-order valence-electron chi connectivity index (χ0n) is 21.6. The number of rotatable bonds is 7. The fourth-order valence-electron chi connectivity index (χ4n) is 4.61. The van der Waals surface area contributed by atoms with Crippen LogP contribution in [0.15, 0.2) is 35.0 Å². The van der Waals surface area contributed by atoms with E-state index >= 15 is 0 Å². The van der Waals surface area contributed by atoms with Crippen LogP contribution in [-0.2, 0) is 9.59 Å². The lowest BCUT2D eigenvalue weighted by Crippen LogP contribution is -2.47. The second kappa shape index (κ2) is 10.7. The zero-order valence-corrected chi connectivity index (χ0v) is 21.6. The van der Waals surface area contributed by atoms with Gasteiger partial charge in [0.1, 0.15) is 6.04 Å². The van der Waals surface area contributed by atoms with E-state index in [9.17, 15) is 19.5 Å². The number of fused-ring (bicyclic) bond motifs is 1. The molecular weight excluding hydrogens is 474 g/mol. The van der Waals surface area contributed by atoms with Crippen molar-refractivity contribution in [3.8, 4) is 0 Å². The molecule has 0 aromatic carbocycles. The number of allylic oxidation sites excluding steroid dienone is 1. The van der Waals surface area contributed by atoms with E-state index < -0.39 is 18.6 Å². The third-order valence-electron chi connectivity index (χ3n) is 6.70. The largest absolute Gasteiger partial charge is 0.394 e. The number of dihydropyridines is 1. The smallest absolute Gasteiger partial charge is 0.254 e. The van der Waals surface area contributed by atoms with Gasteiger partial charge in [0.2, 0.25) is 5.91 Å². The van der Waals surface area contributed by atoms with Crippen LogP contribution >= 0.6 is 0 Å². The lowest BCUT2D eigenvalue weighted by Gasteiger charge is -2.28. The van der Waals surface area contributed by atoms with Crippen molar-refractivity contribution >= 4 is 40.0 Å². The van der Waals surface area contributed by atoms with Crippen LogP contribution < -0.4 is 11.1 Å². The lowest BCUT2D eigenvalue weighted by atomic mass is 9.95. The van der Waals surface area contributed by atoms with Crippen molar-refractivity contribution in [1.82, 2.24) is 25.0 Å². The molecule has 2 aromatic rings. The number of carbonyl (C=O) groups excluding carboxylic acids is 3. The summed E-state index contributed by atoms with van der Waals surface area (Å²) in [5, 5.41) is 17.2. The Morgan fingerprint density at radius 1 is 1.30 bits per heavy atom. The van der Waals surface area contributed by atoms with Gasteiger partial charge in [-0.1, -0.05) is 11.6 Å². The first kappa shape index (κ1) is 26.4. The van der Waals surface area contributed by atoms with Crippen LogP contribution in [0.3, 0.4) is 0 Å². The summed E-state index contributed by atoms with van der Waals surface area (Å²) in [5.74, 6) is -1.40. The molecule has 2 aliphatic rings. The molecule has 4 heterocycles. The van der Waals surface area contributed by atoms with E-state index in [1.807, 2.05) is 32.9 Å². The Balaban J connectivity index is 1.63. The molecule has 3 amide bonds. The molecule has 2 atom stereocenters. The average molecular weight is 508 g/mol. The first-order valence-electron chi connectivity index (χ1n) is 12.4. The quantitative estimate of drug-likeness (QED) is 0.509. The first-order valence-corrected chi connectivity index (χ1v) is 12.4. The molecule has 11 heteroatoms. The predicted octanol–water partition coefficient (Wildman–Crippen LogP) is 1.24. The lowest BCUT2D eigenvalue weighted by molar-refractivity contribution is -0.133. The topological polar surface area (TPSA) is 156 Å². The highest BCUT2D eigenvalue weighted by molar-refractivity contribution is 6.07. The van der Waals surface area contributed by atoms with Gasteiger partial charge in [0, 0.05) is 31.4 Å². The molecule has 0 spiro atoms. The normalized spacial score (nSPS) is 19.0. The van der Waals surface area contributed by atoms with Gasteiger partial charge in [-0.3, -0.25) is 14.4 Å². The fraction of sp³-hybridized carbons (Fsp3) is 0.462. The van der Waals surface area contributed by atoms with E-state index in [1.165, 1.54) is 0 Å². The highest BCUT2D eigenvalue weighted by Gasteiger charge is 2.27. The molecule has 0 aliphatic carbocycles. The number of aliphatic hydroxyl groups is 1. The van der Waals surface area contributed by atoms with Gasteiger partial charge >= 0.3 is 0 Å². The number of aliphatic hydroxyl groups excluding tert-OH is 1. The van der Waals surface area contributed by atoms with Gasteiger partial charge in [-0.2, -0.15) is 5.10 Å². The van der Waals surface area contributed by atoms with Crippen LogP contribution in [0.1, 0.15) is 56.2 Å². The minimum atomic E-state index is -0.941. The maximum absolute atomic E-state index is 13.4. The van der Waals surface area contributed by atoms with Gasteiger partial charge < -0.3 is 21.1 Å². The molecular formula is C26H33N7O4. The summed E-state index contributed by atoms with van der Waals surface area (Å²) in [6, 6.07) is 0.822. The second-order valence-electron chi connectivity index (χ2n) is 9.77. The molecule has 11 nitrogen and oxygen atoms in total. The molecule has 4 rings (SSSR count). The van der Waals surface area contributed by atoms with Crippen molar-refractivity contribution in [3.05, 3.63) is 41.2 Å². The first-order chi connectivity index (χ1) is 17.6. The Labute approximate surface area is 215 Å². The van der Waals surface area contributed by atoms with Gasteiger partial charge in [-0.25, -0.2) is 14.7 Å². The predicted molar refractivity (Wildman–Crippen MR) is 140 cm³/mol. The van der Waals surface area contributed by atoms with Crippen molar-refractivity contribution in [2.75, 3.05) is 26.2 Å². The Kier molecular flexibility index (Phi) is 7.65. The van der Waals surface area contributed by atoms with E-state index in [2.05, 4.69) is 15.4 Å². The molecule has 196 valence electrons. The second-order valence-corrected chi connectivity index (χ2v) is 9.77. The van der Waals surface area contributed by atoms with Crippen molar-refractivity contribution in [2.24, 2.45) is 16.6 Å². The van der Waals surface area contributed by atoms with Crippen molar-refractivity contribution in [3.63, 3.8) is 0 Å². The van der Waals surface area contributed by atoms with Crippen molar-refractivity contribution in [2.45, 2.75) is 46.2 Å². The van der Waals surface area contributed by atoms with Crippen LogP contribution in [0.4, 0.5) is 0 Å². The number of carbonyl (C=O) groups is 3. The Bertz CT molecular complexity index is 1340. The maximum Gasteiger partial charge on any atom is 0.254 e. The molecule has 0 bridgehead atoms. The summed E-state index contributed by atoms with van der Waals surface area (Å²) >= 11 is 0. The fourth-order valence-corrected chi connectivity index (χ4v) is 4.61. The van der Waals surface area contributed by atoms with E-state index in [1.54, 1.807) is 28.8 Å². The molecule has 1 unspecified atom stereocenters. The van der Waals surface area contributed by atoms with Gasteiger partial charge in [0.15, 0.2) is 5.65 Å². The van der Waals surface area contributed by atoms with Gasteiger partial charge in [0.05, 0.1) is 35.4 Å². The van der Waals surface area contributed by atoms with Crippen LogP contribution in [0.25, 0.3) is 16.6 Å². The van der Waals surface area contributed by atoms with E-state index in [4.69, 9.17) is 10.7 Å². The van der Waals surface area contributed by atoms with Gasteiger partial charge in [-0.05, 0) is 51.8 Å². The van der Waals surface area contributed by atoms with Crippen LogP contribution in [-0.4, -0.2) is 80.5 Å². The molecule has 0 saturated heterocycles. The summed E-state index contributed by atoms with van der Waals surface area (Å²) in [5.41, 5.74) is 9.74. The number of nitrogens with one attached hydrogen (secondary N) is 1. The maximum atomic E-state index is 13.4. The summed E-state index contributed by atoms with van der Waals surface area (Å²) < 4.78 is 1.77. The number of nitrogens with zero attached hydrogens (tertiary/aromatic N) is 5. The molecule has 37 heavy (non-hydrogen) atoms. The van der Waals surface area contributed by atoms with E-state index in [0.717, 1.165) is 11.1 Å². The van der Waals surface area contributed by atoms with Crippen LogP contribution in [0, 0.1) is 5.92 Å². The summed E-state index contributed by atoms with van der Waals surface area (Å²) in [6.45, 7) is 8.10. The molecule has 0 saturated carbocycles. The number of aliphatic imine (C=N–C) groups is 1. The van der Waals surface area contributed by atoms with Crippen LogP contribution in [0.2, 0.25) is 0 Å². The molecule has 0 fully saturated rings. The monoisotopic (exact) mass is 507 g/mol. The summed E-state index contributed by atoms with van der Waals surface area (Å²) in [6.07, 6.45) is 5.91. The van der Waals surface area contributed by atoms with Gasteiger partial charge in [-0.15, -0.1) is 0 Å². The minimum absolute atomic E-state index is 0.0262. The molecule has 2 aliphatic heterocycles. The number of aromatic nitrogens is 3. The Morgan fingerprint density at radius 2 is 2.05 bits per heavy atom. The standard InChI is InChI=1S/C26H33N7O4/c1-14(2)33-23-20(12-29-33)18(24(35)28-11-19-15(3)9-16(4)30-25(19)36)10-22(31-23)17-5-7-32(8-6-17)26(37)21(27)13-34/h5,9-10,12,14,19,21,34H,6-8,11,13,27H2,1-4H3,(H,28,35)/t19?,21-/m0/s1. The molecule has 4 N–H and O–H groups in total. The number of nitrogens with two attached hydrogens (primary N) is 1. The number of amides is 3. The average Bonchev–Trinajstić information content (AvgIpc) is 3.31. The highest BCUT2D eigenvalue weighted by atomic mass is 16.3. The minimum Gasteiger partial charge on any atom is -0.394 e. The molecule has 0 radical (unpaired) electrons. The SMILES string of the molecule is CC1=CC(C)=NC(=O)C1CNC(=O)c1cc(C2=CCN(C(=O)[C@@H](N)CO)CC2)nc2c1cnn2C(C)C. The molecule has 2 aromatic heterocycles. The Hall–Kier alpha value is -3.70. The zero-order chi connectivity index (χ0) is 26.9. The van der Waals surface area contributed by atoms with E-state index in [-0.39, 0.29) is 30.3 Å². The summed E-state index contributed by atoms with van der Waals surface area (Å²) in [7, 11) is 0. The summed E-state index contributed by atoms with van der Waals surface area (Å²) in [4.78, 5) is 48.6.